The van der Waals surface area contributed by atoms with E-state index in [9.17, 15) is 4.79 Å². The quantitative estimate of drug-likeness (QED) is 0.620. The van der Waals surface area contributed by atoms with E-state index in [4.69, 9.17) is 10.5 Å². The summed E-state index contributed by atoms with van der Waals surface area (Å²) in [5.41, 5.74) is 6.69. The van der Waals surface area contributed by atoms with Gasteiger partial charge >= 0.3 is 0 Å². The monoisotopic (exact) mass is 295 g/mol. The Bertz CT molecular complexity index is 477. The Morgan fingerprint density at radius 3 is 2.67 bits per heavy atom. The highest BCUT2D eigenvalue weighted by Gasteiger charge is 2.11. The molecule has 0 aliphatic rings. The Morgan fingerprint density at radius 2 is 2.05 bits per heavy atom. The summed E-state index contributed by atoms with van der Waals surface area (Å²) in [4.78, 5) is 20.3. The lowest BCUT2D eigenvalue weighted by atomic mass is 10.2. The minimum atomic E-state index is -0.0247. The average Bonchev–Trinajstić information content (AvgIpc) is 2.43. The molecule has 0 unspecified atom stereocenters. The Balaban J connectivity index is 2.53. The van der Waals surface area contributed by atoms with Gasteiger partial charge in [-0.1, -0.05) is 13.8 Å². The lowest BCUT2D eigenvalue weighted by Gasteiger charge is -2.13. The molecule has 0 spiro atoms. The second kappa shape index (κ2) is 8.41. The van der Waals surface area contributed by atoms with Gasteiger partial charge in [0.2, 0.25) is 5.91 Å². The number of nitrogens with one attached hydrogen (secondary N) is 2. The maximum Gasteiger partial charge on any atom is 0.221 e. The number of methoxy groups -OCH3 is 1. The van der Waals surface area contributed by atoms with E-state index in [1.54, 1.807) is 7.11 Å². The number of carbonyl (C=O) groups excluding carboxylic acids is 1. The van der Waals surface area contributed by atoms with Crippen molar-refractivity contribution in [3.63, 3.8) is 0 Å². The van der Waals surface area contributed by atoms with Crippen molar-refractivity contribution in [1.82, 2.24) is 15.3 Å². The number of nitrogens with zero attached hydrogens (tertiary/aromatic N) is 2. The van der Waals surface area contributed by atoms with Crippen LogP contribution in [-0.4, -0.2) is 42.7 Å². The Morgan fingerprint density at radius 1 is 1.33 bits per heavy atom. The molecule has 21 heavy (non-hydrogen) atoms. The number of rotatable bonds is 8. The van der Waals surface area contributed by atoms with Crippen LogP contribution in [0.3, 0.4) is 0 Å². The fourth-order valence-electron chi connectivity index (χ4n) is 1.66. The molecule has 0 bridgehead atoms. The standard InChI is InChI=1S/C14H25N5O2/c1-9(2)13-18-12(15)10(3)14(19-13)17-6-5-11(20)16-7-8-21-4/h9H,5-8H2,1-4H3,(H,16,20)(H3,15,17,18,19). The second-order valence-electron chi connectivity index (χ2n) is 5.11. The molecule has 1 aromatic heterocycles. The molecule has 1 heterocycles. The van der Waals surface area contributed by atoms with Crippen LogP contribution in [0.1, 0.15) is 37.6 Å². The summed E-state index contributed by atoms with van der Waals surface area (Å²) in [5, 5.41) is 5.91. The first-order valence-electron chi connectivity index (χ1n) is 7.09. The predicted molar refractivity (Wildman–Crippen MR) is 83.3 cm³/mol. The van der Waals surface area contributed by atoms with Crippen LogP contribution in [0.2, 0.25) is 0 Å². The van der Waals surface area contributed by atoms with Crippen molar-refractivity contribution in [2.75, 3.05) is 37.9 Å². The molecule has 1 amide bonds. The van der Waals surface area contributed by atoms with Crippen molar-refractivity contribution in [3.8, 4) is 0 Å². The molecule has 0 radical (unpaired) electrons. The summed E-state index contributed by atoms with van der Waals surface area (Å²) >= 11 is 0. The van der Waals surface area contributed by atoms with E-state index in [1.165, 1.54) is 0 Å². The number of hydrogen-bond acceptors (Lipinski definition) is 6. The first kappa shape index (κ1) is 17.2. The lowest BCUT2D eigenvalue weighted by Crippen LogP contribution is -2.28. The zero-order valence-electron chi connectivity index (χ0n) is 13.2. The smallest absolute Gasteiger partial charge is 0.221 e. The Hall–Kier alpha value is -1.89. The minimum Gasteiger partial charge on any atom is -0.383 e. The molecule has 0 fully saturated rings. The molecule has 0 atom stereocenters. The van der Waals surface area contributed by atoms with Crippen molar-refractivity contribution < 1.29 is 9.53 Å². The van der Waals surface area contributed by atoms with Crippen LogP contribution < -0.4 is 16.4 Å². The maximum absolute atomic E-state index is 11.6. The van der Waals surface area contributed by atoms with Crippen molar-refractivity contribution in [2.45, 2.75) is 33.1 Å². The third-order valence-corrected chi connectivity index (χ3v) is 2.99. The van der Waals surface area contributed by atoms with Gasteiger partial charge in [-0.05, 0) is 6.92 Å². The minimum absolute atomic E-state index is 0.0247. The summed E-state index contributed by atoms with van der Waals surface area (Å²) in [7, 11) is 1.60. The molecule has 0 aromatic carbocycles. The van der Waals surface area contributed by atoms with Crippen LogP contribution in [0.15, 0.2) is 0 Å². The van der Waals surface area contributed by atoms with Crippen molar-refractivity contribution in [2.24, 2.45) is 0 Å². The van der Waals surface area contributed by atoms with E-state index in [0.29, 0.717) is 43.6 Å². The molecule has 0 saturated heterocycles. The summed E-state index contributed by atoms with van der Waals surface area (Å²) in [6, 6.07) is 0. The molecule has 7 nitrogen and oxygen atoms in total. The number of aromatic nitrogens is 2. The highest BCUT2D eigenvalue weighted by molar-refractivity contribution is 5.76. The van der Waals surface area contributed by atoms with Crippen LogP contribution in [0.4, 0.5) is 11.6 Å². The van der Waals surface area contributed by atoms with Crippen molar-refractivity contribution >= 4 is 17.5 Å². The van der Waals surface area contributed by atoms with Gasteiger partial charge in [-0.2, -0.15) is 0 Å². The van der Waals surface area contributed by atoms with E-state index in [2.05, 4.69) is 20.6 Å². The molecule has 7 heteroatoms. The van der Waals surface area contributed by atoms with Gasteiger partial charge in [-0.25, -0.2) is 9.97 Å². The van der Waals surface area contributed by atoms with Gasteiger partial charge in [-0.15, -0.1) is 0 Å². The topological polar surface area (TPSA) is 102 Å². The second-order valence-corrected chi connectivity index (χ2v) is 5.11. The molecular weight excluding hydrogens is 270 g/mol. The zero-order chi connectivity index (χ0) is 15.8. The van der Waals surface area contributed by atoms with E-state index in [-0.39, 0.29) is 11.8 Å². The Kier molecular flexibility index (Phi) is 6.87. The third-order valence-electron chi connectivity index (χ3n) is 2.99. The van der Waals surface area contributed by atoms with Gasteiger partial charge in [0, 0.05) is 38.1 Å². The fourth-order valence-corrected chi connectivity index (χ4v) is 1.66. The summed E-state index contributed by atoms with van der Waals surface area (Å²) in [6.07, 6.45) is 0.365. The molecule has 1 aromatic rings. The molecular formula is C14H25N5O2. The summed E-state index contributed by atoms with van der Waals surface area (Å²) in [5.74, 6) is 2.04. The predicted octanol–water partition coefficient (Wildman–Crippen LogP) is 1.06. The molecule has 1 rings (SSSR count). The molecule has 0 aliphatic heterocycles. The summed E-state index contributed by atoms with van der Waals surface area (Å²) in [6.45, 7) is 7.41. The number of nitrogen functional groups attached to an aromatic ring is 1. The van der Waals surface area contributed by atoms with Gasteiger partial charge in [0.1, 0.15) is 17.5 Å². The highest BCUT2D eigenvalue weighted by Crippen LogP contribution is 2.20. The van der Waals surface area contributed by atoms with Crippen LogP contribution in [0.25, 0.3) is 0 Å². The SMILES string of the molecule is COCCNC(=O)CCNc1nc(C(C)C)nc(N)c1C. The van der Waals surface area contributed by atoms with Crippen molar-refractivity contribution in [3.05, 3.63) is 11.4 Å². The van der Waals surface area contributed by atoms with E-state index in [0.717, 1.165) is 5.56 Å². The van der Waals surface area contributed by atoms with Gasteiger partial charge in [0.05, 0.1) is 6.61 Å². The number of amides is 1. The lowest BCUT2D eigenvalue weighted by molar-refractivity contribution is -0.121. The number of nitrogens with two attached hydrogens (primary N) is 1. The van der Waals surface area contributed by atoms with Gasteiger partial charge < -0.3 is 21.1 Å². The van der Waals surface area contributed by atoms with Crippen LogP contribution in [0.5, 0.6) is 0 Å². The number of carbonyl (C=O) groups is 1. The third kappa shape index (κ3) is 5.55. The first-order valence-corrected chi connectivity index (χ1v) is 7.09. The summed E-state index contributed by atoms with van der Waals surface area (Å²) < 4.78 is 4.87. The molecule has 118 valence electrons. The van der Waals surface area contributed by atoms with Crippen molar-refractivity contribution in [1.29, 1.82) is 0 Å². The Labute approximate surface area is 125 Å². The average molecular weight is 295 g/mol. The number of anilines is 2. The van der Waals surface area contributed by atoms with Crippen LogP contribution in [0, 0.1) is 6.92 Å². The number of hydrogen-bond donors (Lipinski definition) is 3. The molecule has 4 N–H and O–H groups in total. The fraction of sp³-hybridized carbons (Fsp3) is 0.643. The largest absolute Gasteiger partial charge is 0.383 e. The molecule has 0 saturated carbocycles. The van der Waals surface area contributed by atoms with Gasteiger partial charge in [-0.3, -0.25) is 4.79 Å². The normalized spacial score (nSPS) is 10.7. The van der Waals surface area contributed by atoms with E-state index >= 15 is 0 Å². The number of ether oxygens (including phenoxy) is 1. The zero-order valence-corrected chi connectivity index (χ0v) is 13.2. The maximum atomic E-state index is 11.6. The highest BCUT2D eigenvalue weighted by atomic mass is 16.5. The van der Waals surface area contributed by atoms with Crippen LogP contribution >= 0.6 is 0 Å². The van der Waals surface area contributed by atoms with E-state index in [1.807, 2.05) is 20.8 Å². The van der Waals surface area contributed by atoms with Gasteiger partial charge in [0.15, 0.2) is 0 Å². The van der Waals surface area contributed by atoms with Gasteiger partial charge in [0.25, 0.3) is 0 Å². The van der Waals surface area contributed by atoms with E-state index < -0.39 is 0 Å². The molecule has 0 aliphatic carbocycles. The first-order chi connectivity index (χ1) is 9.95. The van der Waals surface area contributed by atoms with Crippen LogP contribution in [-0.2, 0) is 9.53 Å².